The Morgan fingerprint density at radius 2 is 2.06 bits per heavy atom. The van der Waals surface area contributed by atoms with Gasteiger partial charge in [0.25, 0.3) is 0 Å². The Bertz CT molecular complexity index is 608. The summed E-state index contributed by atoms with van der Waals surface area (Å²) in [4.78, 5) is 0. The van der Waals surface area contributed by atoms with Gasteiger partial charge in [-0.1, -0.05) is 5.16 Å². The number of nitrogens with two attached hydrogens (primary N) is 1. The average Bonchev–Trinajstić information content (AvgIpc) is 2.74. The van der Waals surface area contributed by atoms with E-state index in [1.165, 1.54) is 27.0 Å². The van der Waals surface area contributed by atoms with E-state index in [9.17, 15) is 9.50 Å². The lowest BCUT2D eigenvalue weighted by Gasteiger charge is -2.14. The van der Waals surface area contributed by atoms with Crippen LogP contribution in [0.2, 0.25) is 0 Å². The standard InChI is InChI=1S/C12H13FN2O3/c1-5-9(7-4-8(14)15-18-7)11(16)12(17-3)6(2)10(5)13/h4,16H,1-3H3,(H2,14,15). The predicted molar refractivity (Wildman–Crippen MR) is 64.0 cm³/mol. The summed E-state index contributed by atoms with van der Waals surface area (Å²) in [5, 5.41) is 13.6. The predicted octanol–water partition coefficient (Wildman–Crippen LogP) is 2.39. The van der Waals surface area contributed by atoms with Gasteiger partial charge < -0.3 is 20.1 Å². The molecule has 1 aromatic carbocycles. The van der Waals surface area contributed by atoms with Gasteiger partial charge in [-0.25, -0.2) is 4.39 Å². The molecule has 0 spiro atoms. The maximum atomic E-state index is 14.0. The minimum Gasteiger partial charge on any atom is -0.504 e. The molecule has 5 nitrogen and oxygen atoms in total. The van der Waals surface area contributed by atoms with Crippen molar-refractivity contribution in [1.29, 1.82) is 0 Å². The number of methoxy groups -OCH3 is 1. The van der Waals surface area contributed by atoms with Crippen LogP contribution in [0.4, 0.5) is 10.2 Å². The lowest BCUT2D eigenvalue weighted by atomic mass is 10.00. The number of benzene rings is 1. The van der Waals surface area contributed by atoms with Crippen LogP contribution in [-0.4, -0.2) is 17.4 Å². The summed E-state index contributed by atoms with van der Waals surface area (Å²) in [7, 11) is 1.36. The van der Waals surface area contributed by atoms with Crippen LogP contribution in [0, 0.1) is 19.7 Å². The second-order valence-corrected chi connectivity index (χ2v) is 3.94. The monoisotopic (exact) mass is 252 g/mol. The fourth-order valence-corrected chi connectivity index (χ4v) is 1.92. The molecule has 1 aromatic heterocycles. The van der Waals surface area contributed by atoms with Gasteiger partial charge in [-0.05, 0) is 13.8 Å². The van der Waals surface area contributed by atoms with Crippen LogP contribution in [0.5, 0.6) is 11.5 Å². The fraction of sp³-hybridized carbons (Fsp3) is 0.250. The zero-order valence-corrected chi connectivity index (χ0v) is 10.2. The van der Waals surface area contributed by atoms with Crippen LogP contribution in [0.15, 0.2) is 10.6 Å². The van der Waals surface area contributed by atoms with Crippen molar-refractivity contribution in [3.05, 3.63) is 23.0 Å². The number of halogens is 1. The van der Waals surface area contributed by atoms with Gasteiger partial charge in [0.05, 0.1) is 12.7 Å². The third-order valence-electron chi connectivity index (χ3n) is 2.80. The minimum atomic E-state index is -0.463. The first-order chi connectivity index (χ1) is 8.47. The molecule has 6 heteroatoms. The lowest BCUT2D eigenvalue weighted by Crippen LogP contribution is -1.98. The van der Waals surface area contributed by atoms with E-state index in [1.54, 1.807) is 0 Å². The van der Waals surface area contributed by atoms with Gasteiger partial charge in [0, 0.05) is 17.2 Å². The molecule has 0 unspecified atom stereocenters. The summed E-state index contributed by atoms with van der Waals surface area (Å²) in [6.07, 6.45) is 0. The second kappa shape index (κ2) is 4.21. The molecule has 0 aliphatic rings. The molecule has 1 heterocycles. The van der Waals surface area contributed by atoms with Crippen molar-refractivity contribution in [3.63, 3.8) is 0 Å². The normalized spacial score (nSPS) is 10.7. The maximum Gasteiger partial charge on any atom is 0.173 e. The third-order valence-corrected chi connectivity index (χ3v) is 2.80. The third kappa shape index (κ3) is 1.66. The molecule has 3 N–H and O–H groups in total. The molecule has 0 radical (unpaired) electrons. The van der Waals surface area contributed by atoms with Crippen molar-refractivity contribution in [3.8, 4) is 22.8 Å². The first-order valence-corrected chi connectivity index (χ1v) is 5.25. The first kappa shape index (κ1) is 12.2. The molecule has 2 aromatic rings. The van der Waals surface area contributed by atoms with E-state index in [4.69, 9.17) is 15.0 Å². The highest BCUT2D eigenvalue weighted by Gasteiger charge is 2.23. The number of aromatic nitrogens is 1. The minimum absolute atomic E-state index is 0.0723. The Morgan fingerprint density at radius 3 is 2.56 bits per heavy atom. The zero-order valence-electron chi connectivity index (χ0n) is 10.2. The Kier molecular flexibility index (Phi) is 2.86. The number of hydrogen-bond donors (Lipinski definition) is 2. The number of aromatic hydroxyl groups is 1. The van der Waals surface area contributed by atoms with Gasteiger partial charge in [-0.2, -0.15) is 0 Å². The maximum absolute atomic E-state index is 14.0. The molecule has 0 bridgehead atoms. The van der Waals surface area contributed by atoms with Gasteiger partial charge in [0.15, 0.2) is 23.1 Å². The molecule has 18 heavy (non-hydrogen) atoms. The quantitative estimate of drug-likeness (QED) is 0.857. The van der Waals surface area contributed by atoms with Crippen molar-refractivity contribution in [1.82, 2.24) is 5.16 Å². The summed E-state index contributed by atoms with van der Waals surface area (Å²) in [5.41, 5.74) is 6.13. The van der Waals surface area contributed by atoms with E-state index in [-0.39, 0.29) is 39.8 Å². The van der Waals surface area contributed by atoms with E-state index in [1.807, 2.05) is 0 Å². The Labute approximate surface area is 103 Å². The summed E-state index contributed by atoms with van der Waals surface area (Å²) in [5.74, 6) is -0.230. The van der Waals surface area contributed by atoms with E-state index >= 15 is 0 Å². The smallest absolute Gasteiger partial charge is 0.173 e. The molecule has 2 rings (SSSR count). The Balaban J connectivity index is 2.78. The molecule has 0 amide bonds. The number of ether oxygens (including phenoxy) is 1. The fourth-order valence-electron chi connectivity index (χ4n) is 1.92. The van der Waals surface area contributed by atoms with Gasteiger partial charge in [0.2, 0.25) is 0 Å². The summed E-state index contributed by atoms with van der Waals surface area (Å²) < 4.78 is 24.0. The molecule has 0 atom stereocenters. The number of nitrogen functional groups attached to an aromatic ring is 1. The number of phenols is 1. The molecular formula is C12H13FN2O3. The highest BCUT2D eigenvalue weighted by molar-refractivity contribution is 5.75. The number of hydrogen-bond acceptors (Lipinski definition) is 5. The topological polar surface area (TPSA) is 81.5 Å². The van der Waals surface area contributed by atoms with Crippen molar-refractivity contribution in [2.24, 2.45) is 0 Å². The van der Waals surface area contributed by atoms with Crippen LogP contribution >= 0.6 is 0 Å². The van der Waals surface area contributed by atoms with Gasteiger partial charge in [-0.15, -0.1) is 0 Å². The lowest BCUT2D eigenvalue weighted by molar-refractivity contribution is 0.365. The Morgan fingerprint density at radius 1 is 1.39 bits per heavy atom. The second-order valence-electron chi connectivity index (χ2n) is 3.94. The summed E-state index contributed by atoms with van der Waals surface area (Å²) >= 11 is 0. The van der Waals surface area contributed by atoms with Gasteiger partial charge in [0.1, 0.15) is 5.82 Å². The van der Waals surface area contributed by atoms with Crippen LogP contribution in [0.3, 0.4) is 0 Å². The van der Waals surface area contributed by atoms with Crippen molar-refractivity contribution in [2.45, 2.75) is 13.8 Å². The molecule has 0 aliphatic heterocycles. The molecular weight excluding hydrogens is 239 g/mol. The van der Waals surface area contributed by atoms with E-state index in [0.717, 1.165) is 0 Å². The van der Waals surface area contributed by atoms with E-state index < -0.39 is 5.82 Å². The number of rotatable bonds is 2. The zero-order chi connectivity index (χ0) is 13.4. The van der Waals surface area contributed by atoms with E-state index in [0.29, 0.717) is 0 Å². The largest absolute Gasteiger partial charge is 0.504 e. The highest BCUT2D eigenvalue weighted by Crippen LogP contribution is 2.43. The SMILES string of the molecule is COc1c(C)c(F)c(C)c(-c2cc(N)no2)c1O. The summed E-state index contributed by atoms with van der Waals surface area (Å²) in [6, 6.07) is 1.41. The van der Waals surface area contributed by atoms with Crippen LogP contribution < -0.4 is 10.5 Å². The van der Waals surface area contributed by atoms with Crippen molar-refractivity contribution in [2.75, 3.05) is 12.8 Å². The molecule has 0 aliphatic carbocycles. The Hall–Kier alpha value is -2.24. The van der Waals surface area contributed by atoms with Crippen LogP contribution in [-0.2, 0) is 0 Å². The average molecular weight is 252 g/mol. The first-order valence-electron chi connectivity index (χ1n) is 5.25. The molecule has 0 fully saturated rings. The molecule has 0 saturated carbocycles. The summed E-state index contributed by atoms with van der Waals surface area (Å²) in [6.45, 7) is 3.06. The number of nitrogens with zero attached hydrogens (tertiary/aromatic N) is 1. The van der Waals surface area contributed by atoms with Gasteiger partial charge >= 0.3 is 0 Å². The number of phenolic OH excluding ortho intramolecular Hbond substituents is 1. The van der Waals surface area contributed by atoms with Gasteiger partial charge in [-0.3, -0.25) is 0 Å². The van der Waals surface area contributed by atoms with Crippen LogP contribution in [0.1, 0.15) is 11.1 Å². The van der Waals surface area contributed by atoms with Crippen LogP contribution in [0.25, 0.3) is 11.3 Å². The van der Waals surface area contributed by atoms with E-state index in [2.05, 4.69) is 5.16 Å². The number of anilines is 1. The molecule has 96 valence electrons. The van der Waals surface area contributed by atoms with Crippen molar-refractivity contribution < 1.29 is 18.8 Å². The van der Waals surface area contributed by atoms with Crippen molar-refractivity contribution >= 4 is 5.82 Å². The highest BCUT2D eigenvalue weighted by atomic mass is 19.1. The molecule has 0 saturated heterocycles.